The number of thiophene rings is 1. The van der Waals surface area contributed by atoms with Crippen LogP contribution in [0.25, 0.3) is 0 Å². The van der Waals surface area contributed by atoms with E-state index in [1.807, 2.05) is 30.5 Å². The van der Waals surface area contributed by atoms with Gasteiger partial charge in [-0.15, -0.1) is 11.3 Å². The molecular weight excluding hydrogens is 298 g/mol. The van der Waals surface area contributed by atoms with E-state index in [4.69, 9.17) is 9.57 Å². The van der Waals surface area contributed by atoms with Crippen LogP contribution in [0.1, 0.15) is 34.5 Å². The van der Waals surface area contributed by atoms with Crippen molar-refractivity contribution in [3.8, 4) is 5.75 Å². The van der Waals surface area contributed by atoms with Crippen LogP contribution in [0.15, 0.2) is 46.9 Å². The molecule has 1 aromatic heterocycles. The van der Waals surface area contributed by atoms with Crippen molar-refractivity contribution < 1.29 is 14.4 Å². The number of benzene rings is 1. The minimum absolute atomic E-state index is 0.351. The second-order valence-corrected chi connectivity index (χ2v) is 6.26. The third-order valence-electron chi connectivity index (χ3n) is 3.87. The molecule has 0 saturated heterocycles. The number of nitrogens with zero attached hydrogens (tertiary/aromatic N) is 1. The summed E-state index contributed by atoms with van der Waals surface area (Å²) in [5.41, 5.74) is 2.13. The summed E-state index contributed by atoms with van der Waals surface area (Å²) in [7, 11) is 1.66. The van der Waals surface area contributed by atoms with E-state index in [1.165, 1.54) is 16.9 Å². The van der Waals surface area contributed by atoms with Gasteiger partial charge in [0.05, 0.1) is 12.8 Å². The number of hydrogen-bond donors (Lipinski definition) is 0. The van der Waals surface area contributed by atoms with E-state index in [0.29, 0.717) is 16.7 Å². The standard InChI is InChI=1S/C17H17NO3S/c1-11(18-21-17(19)16-4-3-9-22-16)14-10-15(14)12-5-7-13(20-2)8-6-12/h3-9,14-15H,10H2,1-2H3. The first kappa shape index (κ1) is 14.8. The highest BCUT2D eigenvalue weighted by molar-refractivity contribution is 7.11. The molecule has 114 valence electrons. The summed E-state index contributed by atoms with van der Waals surface area (Å²) < 4.78 is 5.16. The molecule has 0 amide bonds. The van der Waals surface area contributed by atoms with Crippen LogP contribution in [0.2, 0.25) is 0 Å². The number of rotatable bonds is 5. The molecule has 2 aromatic rings. The fourth-order valence-electron chi connectivity index (χ4n) is 2.50. The Morgan fingerprint density at radius 1 is 1.27 bits per heavy atom. The number of carbonyl (C=O) groups excluding carboxylic acids is 1. The molecule has 0 aliphatic heterocycles. The quantitative estimate of drug-likeness (QED) is 0.474. The van der Waals surface area contributed by atoms with Crippen LogP contribution in [0.3, 0.4) is 0 Å². The summed E-state index contributed by atoms with van der Waals surface area (Å²) in [6.45, 7) is 1.91. The lowest BCUT2D eigenvalue weighted by Gasteiger charge is -2.03. The number of hydrogen-bond acceptors (Lipinski definition) is 5. The van der Waals surface area contributed by atoms with Crippen LogP contribution < -0.4 is 4.74 Å². The maximum Gasteiger partial charge on any atom is 0.375 e. The molecular formula is C17H17NO3S. The van der Waals surface area contributed by atoms with Crippen molar-refractivity contribution in [1.29, 1.82) is 0 Å². The lowest BCUT2D eigenvalue weighted by molar-refractivity contribution is 0.0520. The lowest BCUT2D eigenvalue weighted by atomic mass is 10.1. The first-order chi connectivity index (χ1) is 10.7. The number of ether oxygens (including phenoxy) is 1. The normalized spacial score (nSPS) is 20.5. The zero-order chi connectivity index (χ0) is 15.5. The monoisotopic (exact) mass is 315 g/mol. The zero-order valence-corrected chi connectivity index (χ0v) is 13.3. The zero-order valence-electron chi connectivity index (χ0n) is 12.5. The minimum atomic E-state index is -0.393. The Morgan fingerprint density at radius 3 is 2.68 bits per heavy atom. The van der Waals surface area contributed by atoms with Crippen molar-refractivity contribution in [3.63, 3.8) is 0 Å². The summed E-state index contributed by atoms with van der Waals surface area (Å²) in [6.07, 6.45) is 1.04. The molecule has 0 spiro atoms. The van der Waals surface area contributed by atoms with Gasteiger partial charge in [0.1, 0.15) is 10.6 Å². The van der Waals surface area contributed by atoms with Crippen LogP contribution in [0.5, 0.6) is 5.75 Å². The van der Waals surface area contributed by atoms with Crippen molar-refractivity contribution in [2.24, 2.45) is 11.1 Å². The highest BCUT2D eigenvalue weighted by Crippen LogP contribution is 2.48. The minimum Gasteiger partial charge on any atom is -0.497 e. The van der Waals surface area contributed by atoms with Gasteiger partial charge in [0.2, 0.25) is 0 Å². The maximum atomic E-state index is 11.7. The van der Waals surface area contributed by atoms with Crippen LogP contribution in [-0.2, 0) is 4.84 Å². The van der Waals surface area contributed by atoms with Gasteiger partial charge in [-0.1, -0.05) is 23.4 Å². The van der Waals surface area contributed by atoms with Crippen LogP contribution >= 0.6 is 11.3 Å². The Hall–Kier alpha value is -2.14. The van der Waals surface area contributed by atoms with Gasteiger partial charge in [-0.2, -0.15) is 0 Å². The van der Waals surface area contributed by atoms with Gasteiger partial charge in [0.25, 0.3) is 0 Å². The van der Waals surface area contributed by atoms with Crippen molar-refractivity contribution in [2.75, 3.05) is 7.11 Å². The van der Waals surface area contributed by atoms with E-state index in [9.17, 15) is 4.79 Å². The summed E-state index contributed by atoms with van der Waals surface area (Å²) in [4.78, 5) is 17.3. The molecule has 1 fully saturated rings. The molecule has 5 heteroatoms. The summed E-state index contributed by atoms with van der Waals surface area (Å²) in [5, 5.41) is 5.84. The third kappa shape index (κ3) is 3.20. The smallest absolute Gasteiger partial charge is 0.375 e. The molecule has 0 bridgehead atoms. The van der Waals surface area contributed by atoms with Crippen LogP contribution in [0, 0.1) is 5.92 Å². The number of methoxy groups -OCH3 is 1. The van der Waals surface area contributed by atoms with Crippen molar-refractivity contribution >= 4 is 23.0 Å². The second-order valence-electron chi connectivity index (χ2n) is 5.31. The molecule has 0 N–H and O–H groups in total. The van der Waals surface area contributed by atoms with E-state index in [-0.39, 0.29) is 0 Å². The van der Waals surface area contributed by atoms with Gasteiger partial charge in [0.15, 0.2) is 0 Å². The average molecular weight is 315 g/mol. The first-order valence-corrected chi connectivity index (χ1v) is 8.00. The Bertz CT molecular complexity index is 676. The Balaban J connectivity index is 1.58. The van der Waals surface area contributed by atoms with Gasteiger partial charge in [-0.05, 0) is 48.4 Å². The summed E-state index contributed by atoms with van der Waals surface area (Å²) in [6, 6.07) is 11.6. The van der Waals surface area contributed by atoms with E-state index >= 15 is 0 Å². The van der Waals surface area contributed by atoms with E-state index in [2.05, 4.69) is 17.3 Å². The van der Waals surface area contributed by atoms with Crippen LogP contribution in [-0.4, -0.2) is 18.8 Å². The van der Waals surface area contributed by atoms with Gasteiger partial charge < -0.3 is 9.57 Å². The number of carbonyl (C=O) groups is 1. The van der Waals surface area contributed by atoms with Crippen LogP contribution in [0.4, 0.5) is 0 Å². The SMILES string of the molecule is COc1ccc(C2CC2C(C)=NOC(=O)c2cccs2)cc1. The van der Waals surface area contributed by atoms with E-state index in [1.54, 1.807) is 13.2 Å². The molecule has 0 radical (unpaired) electrons. The molecule has 1 heterocycles. The van der Waals surface area contributed by atoms with Gasteiger partial charge in [-0.3, -0.25) is 0 Å². The molecule has 4 nitrogen and oxygen atoms in total. The average Bonchev–Trinajstić information content (AvgIpc) is 3.17. The van der Waals surface area contributed by atoms with Gasteiger partial charge in [-0.25, -0.2) is 4.79 Å². The number of oxime groups is 1. The molecule has 1 aliphatic carbocycles. The topological polar surface area (TPSA) is 47.9 Å². The fraction of sp³-hybridized carbons (Fsp3) is 0.294. The van der Waals surface area contributed by atoms with Gasteiger partial charge >= 0.3 is 5.97 Å². The molecule has 1 saturated carbocycles. The molecule has 2 atom stereocenters. The molecule has 3 rings (SSSR count). The van der Waals surface area contributed by atoms with Crippen molar-refractivity contribution in [2.45, 2.75) is 19.3 Å². The van der Waals surface area contributed by atoms with E-state index < -0.39 is 5.97 Å². The van der Waals surface area contributed by atoms with Crippen molar-refractivity contribution in [1.82, 2.24) is 0 Å². The summed E-state index contributed by atoms with van der Waals surface area (Å²) in [5.74, 6) is 1.27. The third-order valence-corrected chi connectivity index (χ3v) is 4.72. The molecule has 1 aromatic carbocycles. The van der Waals surface area contributed by atoms with E-state index in [0.717, 1.165) is 17.9 Å². The summed E-state index contributed by atoms with van der Waals surface area (Å²) >= 11 is 1.35. The Labute approximate surface area is 133 Å². The molecule has 1 aliphatic rings. The van der Waals surface area contributed by atoms with Crippen molar-refractivity contribution in [3.05, 3.63) is 52.2 Å². The molecule has 22 heavy (non-hydrogen) atoms. The second kappa shape index (κ2) is 6.32. The maximum absolute atomic E-state index is 11.7. The fourth-order valence-corrected chi connectivity index (χ4v) is 3.09. The molecule has 2 unspecified atom stereocenters. The van der Waals surface area contributed by atoms with Gasteiger partial charge in [0, 0.05) is 5.92 Å². The predicted octanol–water partition coefficient (Wildman–Crippen LogP) is 4.09. The largest absolute Gasteiger partial charge is 0.497 e. The Morgan fingerprint density at radius 2 is 2.05 bits per heavy atom. The lowest BCUT2D eigenvalue weighted by Crippen LogP contribution is -2.03. The predicted molar refractivity (Wildman–Crippen MR) is 86.7 cm³/mol. The highest BCUT2D eigenvalue weighted by atomic mass is 32.1. The Kier molecular flexibility index (Phi) is 4.24. The highest BCUT2D eigenvalue weighted by Gasteiger charge is 2.40. The first-order valence-electron chi connectivity index (χ1n) is 7.12.